The topological polar surface area (TPSA) is 103 Å². The van der Waals surface area contributed by atoms with Crippen LogP contribution in [0.1, 0.15) is 23.2 Å². The number of benzene rings is 2. The molecule has 1 aliphatic carbocycles. The van der Waals surface area contributed by atoms with Gasteiger partial charge in [0, 0.05) is 36.6 Å². The van der Waals surface area contributed by atoms with Crippen LogP contribution in [0.3, 0.4) is 0 Å². The Balaban J connectivity index is 1.76. The van der Waals surface area contributed by atoms with Crippen LogP contribution >= 0.6 is 0 Å². The van der Waals surface area contributed by atoms with Crippen molar-refractivity contribution in [3.8, 4) is 5.75 Å². The third-order valence-electron chi connectivity index (χ3n) is 6.88. The van der Waals surface area contributed by atoms with Gasteiger partial charge in [0.15, 0.2) is 0 Å². The summed E-state index contributed by atoms with van der Waals surface area (Å²) in [5.41, 5.74) is 1.81. The quantitative estimate of drug-likeness (QED) is 0.459. The molecule has 2 atom stereocenters. The van der Waals surface area contributed by atoms with Crippen molar-refractivity contribution in [1.29, 1.82) is 0 Å². The van der Waals surface area contributed by atoms with E-state index >= 15 is 0 Å². The Bertz CT molecular complexity index is 1140. The fourth-order valence-corrected chi connectivity index (χ4v) is 5.53. The molecule has 0 amide bonds. The van der Waals surface area contributed by atoms with E-state index in [0.717, 1.165) is 35.3 Å². The molecule has 3 N–H and O–H groups in total. The first kappa shape index (κ1) is 18.1. The predicted octanol–water partition coefficient (Wildman–Crippen LogP) is 2.88. The largest absolute Gasteiger partial charge is 0.508 e. The third kappa shape index (κ3) is 2.51. The Kier molecular flexibility index (Phi) is 3.78. The highest BCUT2D eigenvalue weighted by Crippen LogP contribution is 2.52. The molecule has 1 aliphatic heterocycles. The van der Waals surface area contributed by atoms with Crippen molar-refractivity contribution in [3.05, 3.63) is 69.4 Å². The predicted molar refractivity (Wildman–Crippen MR) is 109 cm³/mol. The van der Waals surface area contributed by atoms with Gasteiger partial charge in [0.2, 0.25) is 0 Å². The van der Waals surface area contributed by atoms with Crippen LogP contribution < -0.4 is 0 Å². The lowest BCUT2D eigenvalue weighted by atomic mass is 9.56. The van der Waals surface area contributed by atoms with Gasteiger partial charge >= 0.3 is 0 Å². The Morgan fingerprint density at radius 1 is 1.21 bits per heavy atom. The number of hydrogen-bond donors (Lipinski definition) is 3. The maximum atomic E-state index is 12.0. The molecule has 2 heterocycles. The molecule has 29 heavy (non-hydrogen) atoms. The van der Waals surface area contributed by atoms with Gasteiger partial charge in [-0.05, 0) is 49.3 Å². The second-order valence-corrected chi connectivity index (χ2v) is 8.54. The number of nitrogens with zero attached hydrogens (tertiary/aromatic N) is 2. The molecule has 2 aromatic carbocycles. The summed E-state index contributed by atoms with van der Waals surface area (Å²) in [6, 6.07) is 12.2. The summed E-state index contributed by atoms with van der Waals surface area (Å²) in [5.74, 6) is 0.177. The number of aromatic hydroxyl groups is 1. The van der Waals surface area contributed by atoms with E-state index in [4.69, 9.17) is 0 Å². The number of aromatic nitrogens is 1. The van der Waals surface area contributed by atoms with Crippen LogP contribution in [0.15, 0.2) is 42.5 Å². The van der Waals surface area contributed by atoms with E-state index in [0.29, 0.717) is 24.8 Å². The van der Waals surface area contributed by atoms with Crippen LogP contribution in [0, 0.1) is 10.1 Å². The molecular formula is C22H23N3O4. The van der Waals surface area contributed by atoms with Crippen LogP contribution in [0.25, 0.3) is 10.9 Å². The number of fused-ring (bicyclic) bond motifs is 4. The number of non-ortho nitro benzene ring substituents is 1. The van der Waals surface area contributed by atoms with Crippen LogP contribution in [0.4, 0.5) is 5.69 Å². The summed E-state index contributed by atoms with van der Waals surface area (Å²) >= 11 is 0. The van der Waals surface area contributed by atoms with Gasteiger partial charge in [-0.15, -0.1) is 0 Å². The lowest BCUT2D eigenvalue weighted by Gasteiger charge is -2.55. The molecule has 1 fully saturated rings. The number of nitrogens with one attached hydrogen (secondary N) is 1. The number of rotatable bonds is 2. The van der Waals surface area contributed by atoms with Crippen molar-refractivity contribution in [2.75, 3.05) is 20.1 Å². The molecular weight excluding hydrogens is 370 g/mol. The molecule has 0 radical (unpaired) electrons. The van der Waals surface area contributed by atoms with Gasteiger partial charge < -0.3 is 20.1 Å². The fraction of sp³-hybridized carbons (Fsp3) is 0.364. The lowest BCUT2D eigenvalue weighted by Crippen LogP contribution is -2.65. The number of aliphatic hydroxyl groups is 1. The minimum absolute atomic E-state index is 0.0672. The summed E-state index contributed by atoms with van der Waals surface area (Å²) in [6.07, 6.45) is 1.61. The number of nitro benzene ring substituents is 1. The Labute approximate surface area is 167 Å². The minimum Gasteiger partial charge on any atom is -0.508 e. The van der Waals surface area contributed by atoms with Gasteiger partial charge in [-0.2, -0.15) is 0 Å². The maximum absolute atomic E-state index is 12.0. The lowest BCUT2D eigenvalue weighted by molar-refractivity contribution is -0.383. The standard InChI is InChI=1S/C22H23N3O4/c1-24-9-8-21(14-4-2-5-15(26)10-14)12-18-16(11-22(21,27)13-24)20-17(23-18)6-3-7-19(20)25(28)29/h2-7,10,23,26-27H,8-9,11-13H2,1H3. The van der Waals surface area contributed by atoms with E-state index in [1.165, 1.54) is 6.07 Å². The highest BCUT2D eigenvalue weighted by Gasteiger charge is 2.57. The number of H-pyrrole nitrogens is 1. The summed E-state index contributed by atoms with van der Waals surface area (Å²) in [4.78, 5) is 16.8. The zero-order valence-electron chi connectivity index (χ0n) is 16.2. The molecule has 3 aromatic rings. The summed E-state index contributed by atoms with van der Waals surface area (Å²) in [5, 5.41) is 34.3. The van der Waals surface area contributed by atoms with Crippen molar-refractivity contribution in [2.24, 2.45) is 0 Å². The minimum atomic E-state index is -1.10. The van der Waals surface area contributed by atoms with E-state index in [-0.39, 0.29) is 16.4 Å². The molecule has 0 bridgehead atoms. The van der Waals surface area contributed by atoms with Gasteiger partial charge in [0.1, 0.15) is 5.75 Å². The summed E-state index contributed by atoms with van der Waals surface area (Å²) in [6.45, 7) is 1.29. The van der Waals surface area contributed by atoms with E-state index in [2.05, 4.69) is 9.88 Å². The maximum Gasteiger partial charge on any atom is 0.279 e. The molecule has 2 unspecified atom stereocenters. The first-order chi connectivity index (χ1) is 13.8. The van der Waals surface area contributed by atoms with Gasteiger partial charge in [-0.1, -0.05) is 18.2 Å². The normalized spacial score (nSPS) is 26.8. The monoisotopic (exact) mass is 393 g/mol. The number of hydrogen-bond acceptors (Lipinski definition) is 5. The van der Waals surface area contributed by atoms with E-state index in [1.807, 2.05) is 25.2 Å². The number of likely N-dealkylation sites (tertiary alicyclic amines) is 1. The number of aromatic amines is 1. The molecule has 1 aromatic heterocycles. The number of piperidine rings is 1. The van der Waals surface area contributed by atoms with E-state index in [1.54, 1.807) is 18.2 Å². The van der Waals surface area contributed by atoms with Crippen molar-refractivity contribution in [2.45, 2.75) is 30.3 Å². The fourth-order valence-electron chi connectivity index (χ4n) is 5.53. The molecule has 1 saturated heterocycles. The Morgan fingerprint density at radius 2 is 2.00 bits per heavy atom. The van der Waals surface area contributed by atoms with Gasteiger partial charge in [-0.3, -0.25) is 10.1 Å². The average molecular weight is 393 g/mol. The Hall–Kier alpha value is -2.90. The number of nitro groups is 1. The van der Waals surface area contributed by atoms with E-state index < -0.39 is 11.0 Å². The van der Waals surface area contributed by atoms with Gasteiger partial charge in [-0.25, -0.2) is 0 Å². The smallest absolute Gasteiger partial charge is 0.279 e. The molecule has 150 valence electrons. The summed E-state index contributed by atoms with van der Waals surface area (Å²) < 4.78 is 0. The van der Waals surface area contributed by atoms with Crippen molar-refractivity contribution in [1.82, 2.24) is 9.88 Å². The number of likely N-dealkylation sites (N-methyl/N-ethyl adjacent to an activating group) is 1. The molecule has 0 saturated carbocycles. The zero-order valence-corrected chi connectivity index (χ0v) is 16.2. The van der Waals surface area contributed by atoms with E-state index in [9.17, 15) is 20.3 Å². The molecule has 5 rings (SSSR count). The molecule has 7 heteroatoms. The highest BCUT2D eigenvalue weighted by atomic mass is 16.6. The number of phenols is 1. The molecule has 0 spiro atoms. The van der Waals surface area contributed by atoms with Gasteiger partial charge in [0.25, 0.3) is 5.69 Å². The van der Waals surface area contributed by atoms with Crippen LogP contribution in [0.2, 0.25) is 0 Å². The Morgan fingerprint density at radius 3 is 2.76 bits per heavy atom. The molecule has 2 aliphatic rings. The van der Waals surface area contributed by atoms with Crippen molar-refractivity contribution in [3.63, 3.8) is 0 Å². The number of phenolic OH excluding ortho intramolecular Hbond substituents is 1. The zero-order chi connectivity index (χ0) is 20.4. The third-order valence-corrected chi connectivity index (χ3v) is 6.88. The number of β-amino-alcohol motifs (C(OH)–C–C–N with tert-alkyl or cyclic N) is 1. The second kappa shape index (κ2) is 6.05. The SMILES string of the molecule is CN1CCC2(c3cccc(O)c3)Cc3[nH]c4cccc([N+](=O)[O-])c4c3CC2(O)C1. The van der Waals surface area contributed by atoms with Crippen LogP contribution in [0.5, 0.6) is 5.75 Å². The highest BCUT2D eigenvalue weighted by molar-refractivity contribution is 5.93. The van der Waals surface area contributed by atoms with Crippen molar-refractivity contribution >= 4 is 16.6 Å². The van der Waals surface area contributed by atoms with Gasteiger partial charge in [0.05, 0.1) is 21.4 Å². The second-order valence-electron chi connectivity index (χ2n) is 8.54. The van der Waals surface area contributed by atoms with Crippen molar-refractivity contribution < 1.29 is 15.1 Å². The first-order valence-corrected chi connectivity index (χ1v) is 9.80. The average Bonchev–Trinajstić information content (AvgIpc) is 3.02. The first-order valence-electron chi connectivity index (χ1n) is 9.80. The summed E-state index contributed by atoms with van der Waals surface area (Å²) in [7, 11) is 1.98. The molecule has 7 nitrogen and oxygen atoms in total. The van der Waals surface area contributed by atoms with Crippen LogP contribution in [-0.4, -0.2) is 50.8 Å². The van der Waals surface area contributed by atoms with Crippen LogP contribution in [-0.2, 0) is 18.3 Å².